The fourth-order valence-corrected chi connectivity index (χ4v) is 2.83. The molecule has 1 saturated heterocycles. The van der Waals surface area contributed by atoms with E-state index in [4.69, 9.17) is 4.74 Å². The van der Waals surface area contributed by atoms with E-state index in [2.05, 4.69) is 15.9 Å². The Bertz CT molecular complexity index is 336. The van der Waals surface area contributed by atoms with Gasteiger partial charge in [0.25, 0.3) is 0 Å². The second-order valence-electron chi connectivity index (χ2n) is 4.28. The zero-order valence-corrected chi connectivity index (χ0v) is 10.7. The third kappa shape index (κ3) is 3.05. The summed E-state index contributed by atoms with van der Waals surface area (Å²) in [6, 6.07) is 6.88. The number of ether oxygens (including phenoxy) is 1. The highest BCUT2D eigenvalue weighted by atomic mass is 79.9. The zero-order chi connectivity index (χ0) is 11.4. The maximum absolute atomic E-state index is 13.1. The van der Waals surface area contributed by atoms with Crippen molar-refractivity contribution >= 4 is 15.9 Å². The lowest BCUT2D eigenvalue weighted by Gasteiger charge is -2.18. The van der Waals surface area contributed by atoms with Crippen LogP contribution in [0.25, 0.3) is 0 Å². The van der Waals surface area contributed by atoms with Crippen molar-refractivity contribution in [1.82, 2.24) is 0 Å². The van der Waals surface area contributed by atoms with E-state index in [1.165, 1.54) is 6.07 Å². The van der Waals surface area contributed by atoms with Crippen molar-refractivity contribution in [2.24, 2.45) is 0 Å². The van der Waals surface area contributed by atoms with Gasteiger partial charge >= 0.3 is 0 Å². The average molecular weight is 287 g/mol. The van der Waals surface area contributed by atoms with Crippen molar-refractivity contribution in [1.29, 1.82) is 0 Å². The quantitative estimate of drug-likeness (QED) is 0.764. The van der Waals surface area contributed by atoms with Gasteiger partial charge in [-0.15, -0.1) is 0 Å². The Hall–Kier alpha value is -0.410. The molecule has 0 aliphatic carbocycles. The first-order chi connectivity index (χ1) is 7.79. The molecule has 1 aliphatic heterocycles. The topological polar surface area (TPSA) is 9.23 Å². The van der Waals surface area contributed by atoms with Gasteiger partial charge in [-0.2, -0.15) is 0 Å². The molecule has 0 amide bonds. The Morgan fingerprint density at radius 1 is 1.50 bits per heavy atom. The van der Waals surface area contributed by atoms with E-state index in [1.54, 1.807) is 12.1 Å². The van der Waals surface area contributed by atoms with Crippen LogP contribution >= 0.6 is 15.9 Å². The third-order valence-electron chi connectivity index (χ3n) is 3.08. The maximum atomic E-state index is 13.1. The molecule has 1 fully saturated rings. The van der Waals surface area contributed by atoms with Crippen LogP contribution < -0.4 is 0 Å². The number of rotatable bonds is 4. The lowest BCUT2D eigenvalue weighted by atomic mass is 9.94. The van der Waals surface area contributed by atoms with Crippen LogP contribution in [-0.2, 0) is 4.74 Å². The highest BCUT2D eigenvalue weighted by Gasteiger charge is 2.21. The number of halogens is 2. The Kier molecular flexibility index (Phi) is 4.36. The first-order valence-electron chi connectivity index (χ1n) is 5.72. The molecule has 1 aromatic carbocycles. The molecule has 88 valence electrons. The summed E-state index contributed by atoms with van der Waals surface area (Å²) in [5.74, 6) is 0.189. The van der Waals surface area contributed by atoms with Gasteiger partial charge in [0.15, 0.2) is 0 Å². The number of hydrogen-bond donors (Lipinski definition) is 0. The maximum Gasteiger partial charge on any atom is 0.123 e. The monoisotopic (exact) mass is 286 g/mol. The zero-order valence-electron chi connectivity index (χ0n) is 9.16. The Morgan fingerprint density at radius 2 is 2.38 bits per heavy atom. The van der Waals surface area contributed by atoms with Crippen LogP contribution in [0.2, 0.25) is 0 Å². The van der Waals surface area contributed by atoms with Crippen LogP contribution in [0.15, 0.2) is 24.3 Å². The molecule has 0 aromatic heterocycles. The summed E-state index contributed by atoms with van der Waals surface area (Å²) in [5.41, 5.74) is 1.06. The summed E-state index contributed by atoms with van der Waals surface area (Å²) in [7, 11) is 0. The minimum atomic E-state index is -0.157. The van der Waals surface area contributed by atoms with Crippen molar-refractivity contribution in [3.05, 3.63) is 35.6 Å². The van der Waals surface area contributed by atoms with Gasteiger partial charge in [-0.25, -0.2) is 4.39 Å². The van der Waals surface area contributed by atoms with E-state index >= 15 is 0 Å². The molecule has 1 aliphatic rings. The van der Waals surface area contributed by atoms with Crippen LogP contribution in [0.3, 0.4) is 0 Å². The lowest BCUT2D eigenvalue weighted by Crippen LogP contribution is -2.12. The van der Waals surface area contributed by atoms with Crippen molar-refractivity contribution < 1.29 is 9.13 Å². The predicted molar refractivity (Wildman–Crippen MR) is 66.5 cm³/mol. The van der Waals surface area contributed by atoms with E-state index in [1.807, 2.05) is 6.07 Å². The third-order valence-corrected chi connectivity index (χ3v) is 3.86. The minimum absolute atomic E-state index is 0.157. The van der Waals surface area contributed by atoms with Crippen molar-refractivity contribution in [2.75, 3.05) is 11.9 Å². The minimum Gasteiger partial charge on any atom is -0.378 e. The molecule has 3 heteroatoms. The highest BCUT2D eigenvalue weighted by molar-refractivity contribution is 9.09. The van der Waals surface area contributed by atoms with Crippen molar-refractivity contribution in [3.63, 3.8) is 0 Å². The first-order valence-corrected chi connectivity index (χ1v) is 6.85. The Balaban J connectivity index is 2.03. The van der Waals surface area contributed by atoms with Gasteiger partial charge in [0.05, 0.1) is 6.10 Å². The van der Waals surface area contributed by atoms with Crippen molar-refractivity contribution in [2.45, 2.75) is 31.3 Å². The molecule has 2 rings (SSSR count). The summed E-state index contributed by atoms with van der Waals surface area (Å²) < 4.78 is 18.8. The van der Waals surface area contributed by atoms with Crippen molar-refractivity contribution in [3.8, 4) is 0 Å². The highest BCUT2D eigenvalue weighted by Crippen LogP contribution is 2.28. The van der Waals surface area contributed by atoms with Gasteiger partial charge in [-0.1, -0.05) is 28.1 Å². The molecule has 0 saturated carbocycles. The van der Waals surface area contributed by atoms with Crippen LogP contribution in [-0.4, -0.2) is 18.0 Å². The molecule has 0 spiro atoms. The molecule has 0 N–H and O–H groups in total. The molecule has 1 nitrogen and oxygen atoms in total. The number of benzene rings is 1. The Labute approximate surface area is 104 Å². The summed E-state index contributed by atoms with van der Waals surface area (Å²) in [6.45, 7) is 0.878. The van der Waals surface area contributed by atoms with Crippen LogP contribution in [0.5, 0.6) is 0 Å². The molecular formula is C13H16BrFO. The Morgan fingerprint density at radius 3 is 3.00 bits per heavy atom. The number of hydrogen-bond acceptors (Lipinski definition) is 1. The smallest absolute Gasteiger partial charge is 0.123 e. The molecule has 16 heavy (non-hydrogen) atoms. The van der Waals surface area contributed by atoms with E-state index in [0.717, 1.165) is 36.8 Å². The fourth-order valence-electron chi connectivity index (χ4n) is 2.20. The van der Waals surface area contributed by atoms with Gasteiger partial charge in [0.2, 0.25) is 0 Å². The first kappa shape index (κ1) is 12.1. The predicted octanol–water partition coefficient (Wildman–Crippen LogP) is 3.87. The summed E-state index contributed by atoms with van der Waals surface area (Å²) >= 11 is 3.51. The van der Waals surface area contributed by atoms with Gasteiger partial charge in [-0.05, 0) is 42.9 Å². The van der Waals surface area contributed by atoms with E-state index in [0.29, 0.717) is 12.0 Å². The number of alkyl halides is 1. The lowest BCUT2D eigenvalue weighted by molar-refractivity contribution is 0.0997. The van der Waals surface area contributed by atoms with E-state index < -0.39 is 0 Å². The average Bonchev–Trinajstić information content (AvgIpc) is 2.78. The van der Waals surface area contributed by atoms with E-state index in [-0.39, 0.29) is 5.82 Å². The fraction of sp³-hybridized carbons (Fsp3) is 0.538. The van der Waals surface area contributed by atoms with E-state index in [9.17, 15) is 4.39 Å². The van der Waals surface area contributed by atoms with Gasteiger partial charge in [-0.3, -0.25) is 0 Å². The van der Waals surface area contributed by atoms with Crippen LogP contribution in [0.1, 0.15) is 30.7 Å². The summed E-state index contributed by atoms with van der Waals surface area (Å²) in [4.78, 5) is 0. The van der Waals surface area contributed by atoms with Gasteiger partial charge in [0.1, 0.15) is 5.82 Å². The molecule has 0 bridgehead atoms. The van der Waals surface area contributed by atoms with Crippen LogP contribution in [0.4, 0.5) is 4.39 Å². The second kappa shape index (κ2) is 5.78. The molecule has 2 atom stereocenters. The largest absolute Gasteiger partial charge is 0.378 e. The normalized spacial score (nSPS) is 22.2. The second-order valence-corrected chi connectivity index (χ2v) is 4.92. The summed E-state index contributed by atoms with van der Waals surface area (Å²) in [6.07, 6.45) is 3.63. The SMILES string of the molecule is Fc1cccc(C(CBr)CC2CCCO2)c1. The molecule has 2 unspecified atom stereocenters. The summed E-state index contributed by atoms with van der Waals surface area (Å²) in [5, 5.41) is 0.857. The molecule has 0 radical (unpaired) electrons. The standard InChI is InChI=1S/C13H16BrFO/c14-9-11(8-13-5-2-6-16-13)10-3-1-4-12(15)7-10/h1,3-4,7,11,13H,2,5-6,8-9H2. The van der Waals surface area contributed by atoms with Gasteiger partial charge in [0, 0.05) is 11.9 Å². The molecular weight excluding hydrogens is 271 g/mol. The molecule has 1 aromatic rings. The van der Waals surface area contributed by atoms with Crippen LogP contribution in [0, 0.1) is 5.82 Å². The molecule has 1 heterocycles. The van der Waals surface area contributed by atoms with Gasteiger partial charge < -0.3 is 4.74 Å².